The Morgan fingerprint density at radius 3 is 1.87 bits per heavy atom. The number of rotatable bonds is 3. The Balaban J connectivity index is 1.46. The van der Waals surface area contributed by atoms with Gasteiger partial charge in [-0.15, -0.1) is 0 Å². The van der Waals surface area contributed by atoms with Gasteiger partial charge in [0.05, 0.1) is 11.8 Å². The highest BCUT2D eigenvalue weighted by Gasteiger charge is 2.50. The molecule has 1 N–H and O–H groups in total. The van der Waals surface area contributed by atoms with Crippen molar-refractivity contribution in [3.05, 3.63) is 0 Å². The van der Waals surface area contributed by atoms with Crippen LogP contribution >= 0.6 is 0 Å². The normalized spacial score (nSPS) is 29.4. The van der Waals surface area contributed by atoms with Gasteiger partial charge in [-0.2, -0.15) is 0 Å². The zero-order valence-corrected chi connectivity index (χ0v) is 13.7. The van der Waals surface area contributed by atoms with E-state index >= 15 is 0 Å². The lowest BCUT2D eigenvalue weighted by atomic mass is 9.92. The molecule has 0 radical (unpaired) electrons. The molecule has 2 heterocycles. The van der Waals surface area contributed by atoms with Crippen molar-refractivity contribution in [1.29, 1.82) is 0 Å². The van der Waals surface area contributed by atoms with Crippen LogP contribution < -0.4 is 0 Å². The summed E-state index contributed by atoms with van der Waals surface area (Å²) in [5.74, 6) is -0.733. The summed E-state index contributed by atoms with van der Waals surface area (Å²) in [7, 11) is 0. The molecule has 0 spiro atoms. The Kier molecular flexibility index (Phi) is 4.60. The van der Waals surface area contributed by atoms with E-state index in [1.807, 2.05) is 4.90 Å². The van der Waals surface area contributed by atoms with Crippen LogP contribution in [0.25, 0.3) is 0 Å². The van der Waals surface area contributed by atoms with Crippen molar-refractivity contribution in [2.45, 2.75) is 39.0 Å². The van der Waals surface area contributed by atoms with Crippen molar-refractivity contribution < 1.29 is 19.5 Å². The van der Waals surface area contributed by atoms with E-state index < -0.39 is 11.9 Å². The van der Waals surface area contributed by atoms with Crippen LogP contribution in [0.5, 0.6) is 0 Å². The number of carbonyl (C=O) groups excluding carboxylic acids is 2. The third-order valence-electron chi connectivity index (χ3n) is 5.68. The van der Waals surface area contributed by atoms with Crippen LogP contribution in [0.1, 0.15) is 39.0 Å². The second-order valence-corrected chi connectivity index (χ2v) is 7.39. The molecule has 1 saturated carbocycles. The number of carbonyl (C=O) groups is 3. The summed E-state index contributed by atoms with van der Waals surface area (Å²) in [4.78, 5) is 39.5. The summed E-state index contributed by atoms with van der Waals surface area (Å²) in [5, 5.41) is 8.93. The van der Waals surface area contributed by atoms with Gasteiger partial charge >= 0.3 is 5.97 Å². The highest BCUT2D eigenvalue weighted by Crippen LogP contribution is 2.40. The van der Waals surface area contributed by atoms with E-state index in [1.54, 1.807) is 4.90 Å². The van der Waals surface area contributed by atoms with Crippen molar-refractivity contribution in [3.63, 3.8) is 0 Å². The fourth-order valence-electron chi connectivity index (χ4n) is 3.81. The first-order valence-electron chi connectivity index (χ1n) is 8.77. The molecule has 2 amide bonds. The first-order valence-corrected chi connectivity index (χ1v) is 8.77. The smallest absolute Gasteiger partial charge is 0.307 e. The van der Waals surface area contributed by atoms with Gasteiger partial charge < -0.3 is 14.9 Å². The standard InChI is InChI=1S/C17H26N2O4/c1-11-2-6-18(7-3-11)15(20)12-4-8-19(9-5-12)16(21)13-10-14(13)17(22)23/h11-14H,2-10H2,1H3,(H,22,23). The fraction of sp³-hybridized carbons (Fsp3) is 0.824. The molecule has 6 nitrogen and oxygen atoms in total. The Hall–Kier alpha value is -1.59. The molecule has 0 aromatic rings. The van der Waals surface area contributed by atoms with E-state index in [4.69, 9.17) is 5.11 Å². The minimum atomic E-state index is -0.868. The van der Waals surface area contributed by atoms with Gasteiger partial charge in [0.15, 0.2) is 0 Å². The minimum Gasteiger partial charge on any atom is -0.481 e. The number of carboxylic acids is 1. The van der Waals surface area contributed by atoms with Crippen LogP contribution in [-0.4, -0.2) is 58.9 Å². The lowest BCUT2D eigenvalue weighted by Crippen LogP contribution is -2.46. The molecule has 3 rings (SSSR count). The number of likely N-dealkylation sites (tertiary alicyclic amines) is 2. The highest BCUT2D eigenvalue weighted by molar-refractivity contribution is 5.89. The largest absolute Gasteiger partial charge is 0.481 e. The molecule has 6 heteroatoms. The quantitative estimate of drug-likeness (QED) is 0.847. The van der Waals surface area contributed by atoms with E-state index in [0.29, 0.717) is 38.3 Å². The highest BCUT2D eigenvalue weighted by atomic mass is 16.4. The van der Waals surface area contributed by atoms with Crippen LogP contribution in [0.2, 0.25) is 0 Å². The number of hydrogen-bond donors (Lipinski definition) is 1. The summed E-state index contributed by atoms with van der Waals surface area (Å²) in [6.07, 6.45) is 4.06. The van der Waals surface area contributed by atoms with Gasteiger partial charge in [-0.1, -0.05) is 6.92 Å². The van der Waals surface area contributed by atoms with Gasteiger partial charge in [0.1, 0.15) is 0 Å². The zero-order valence-electron chi connectivity index (χ0n) is 13.7. The van der Waals surface area contributed by atoms with Crippen molar-refractivity contribution in [2.24, 2.45) is 23.7 Å². The number of piperidine rings is 2. The van der Waals surface area contributed by atoms with Gasteiger partial charge in [-0.25, -0.2) is 0 Å². The average Bonchev–Trinajstić information content (AvgIpc) is 3.35. The Labute approximate surface area is 136 Å². The first-order chi connectivity index (χ1) is 11.0. The maximum Gasteiger partial charge on any atom is 0.307 e. The zero-order chi connectivity index (χ0) is 16.6. The van der Waals surface area contributed by atoms with E-state index in [0.717, 1.165) is 25.9 Å². The van der Waals surface area contributed by atoms with E-state index in [2.05, 4.69) is 6.92 Å². The molecule has 2 saturated heterocycles. The molecule has 0 aromatic carbocycles. The number of hydrogen-bond acceptors (Lipinski definition) is 3. The second kappa shape index (κ2) is 6.49. The molecule has 0 aromatic heterocycles. The fourth-order valence-corrected chi connectivity index (χ4v) is 3.81. The van der Waals surface area contributed by atoms with Crippen LogP contribution in [0, 0.1) is 23.7 Å². The minimum absolute atomic E-state index is 0.0296. The molecule has 2 atom stereocenters. The van der Waals surface area contributed by atoms with Crippen LogP contribution in [0.15, 0.2) is 0 Å². The van der Waals surface area contributed by atoms with Crippen molar-refractivity contribution >= 4 is 17.8 Å². The number of carboxylic acid groups (broad SMARTS) is 1. The van der Waals surface area contributed by atoms with Gasteiger partial charge in [-0.3, -0.25) is 14.4 Å². The molecule has 1 aliphatic carbocycles. The molecular formula is C17H26N2O4. The van der Waals surface area contributed by atoms with E-state index in [9.17, 15) is 14.4 Å². The number of aliphatic carboxylic acids is 1. The van der Waals surface area contributed by atoms with Gasteiger partial charge in [0.25, 0.3) is 0 Å². The van der Waals surface area contributed by atoms with Gasteiger partial charge in [-0.05, 0) is 38.0 Å². The SMILES string of the molecule is CC1CCN(C(=O)C2CCN(C(=O)C3CC3C(=O)O)CC2)CC1. The topological polar surface area (TPSA) is 77.9 Å². The third-order valence-corrected chi connectivity index (χ3v) is 5.68. The predicted molar refractivity (Wildman–Crippen MR) is 83.5 cm³/mol. The lowest BCUT2D eigenvalue weighted by Gasteiger charge is -2.36. The van der Waals surface area contributed by atoms with E-state index in [1.165, 1.54) is 0 Å². The summed E-state index contributed by atoms with van der Waals surface area (Å²) in [5.41, 5.74) is 0. The van der Waals surface area contributed by atoms with Crippen molar-refractivity contribution in [3.8, 4) is 0 Å². The maximum absolute atomic E-state index is 12.6. The Morgan fingerprint density at radius 1 is 0.826 bits per heavy atom. The van der Waals surface area contributed by atoms with E-state index in [-0.39, 0.29) is 23.7 Å². The van der Waals surface area contributed by atoms with Crippen LogP contribution in [0.4, 0.5) is 0 Å². The first kappa shape index (κ1) is 16.3. The molecule has 0 bridgehead atoms. The monoisotopic (exact) mass is 322 g/mol. The number of nitrogens with zero attached hydrogens (tertiary/aromatic N) is 2. The predicted octanol–water partition coefficient (Wildman–Crippen LogP) is 1.20. The van der Waals surface area contributed by atoms with Gasteiger partial charge in [0, 0.05) is 32.1 Å². The molecule has 2 aliphatic heterocycles. The Morgan fingerprint density at radius 2 is 1.35 bits per heavy atom. The summed E-state index contributed by atoms with van der Waals surface area (Å²) >= 11 is 0. The number of amides is 2. The summed E-state index contributed by atoms with van der Waals surface area (Å²) in [6, 6.07) is 0. The second-order valence-electron chi connectivity index (χ2n) is 7.39. The average molecular weight is 322 g/mol. The molecule has 2 unspecified atom stereocenters. The molecule has 3 aliphatic rings. The third kappa shape index (κ3) is 3.51. The summed E-state index contributed by atoms with van der Waals surface area (Å²) < 4.78 is 0. The maximum atomic E-state index is 12.6. The van der Waals surface area contributed by atoms with Crippen molar-refractivity contribution in [2.75, 3.05) is 26.2 Å². The molecule has 128 valence electrons. The van der Waals surface area contributed by atoms with Crippen LogP contribution in [0.3, 0.4) is 0 Å². The molecule has 23 heavy (non-hydrogen) atoms. The summed E-state index contributed by atoms with van der Waals surface area (Å²) in [6.45, 7) is 5.13. The molecule has 3 fully saturated rings. The van der Waals surface area contributed by atoms with Crippen molar-refractivity contribution in [1.82, 2.24) is 9.80 Å². The lowest BCUT2D eigenvalue weighted by molar-refractivity contribution is -0.144. The molecular weight excluding hydrogens is 296 g/mol. The van der Waals surface area contributed by atoms with Gasteiger partial charge in [0.2, 0.25) is 11.8 Å². The van der Waals surface area contributed by atoms with Crippen LogP contribution in [-0.2, 0) is 14.4 Å². The Bertz CT molecular complexity index is 491.